The average Bonchev–Trinajstić information content (AvgIpc) is 3.15. The van der Waals surface area contributed by atoms with E-state index in [-0.39, 0.29) is 36.3 Å². The van der Waals surface area contributed by atoms with E-state index in [9.17, 15) is 4.79 Å². The fourth-order valence-electron chi connectivity index (χ4n) is 3.32. The van der Waals surface area contributed by atoms with E-state index in [0.29, 0.717) is 13.2 Å². The summed E-state index contributed by atoms with van der Waals surface area (Å²) in [5.41, 5.74) is 1.15. The van der Waals surface area contributed by atoms with E-state index in [1.165, 1.54) is 0 Å². The van der Waals surface area contributed by atoms with Crippen molar-refractivity contribution in [2.45, 2.75) is 25.4 Å². The molecule has 2 aliphatic rings. The van der Waals surface area contributed by atoms with Crippen molar-refractivity contribution in [3.63, 3.8) is 0 Å². The summed E-state index contributed by atoms with van der Waals surface area (Å²) in [5.74, 6) is 0.509. The van der Waals surface area contributed by atoms with Gasteiger partial charge < -0.3 is 15.0 Å². The number of halogens is 1. The fraction of sp³-hybridized carbons (Fsp3) is 0.733. The number of hydrogen-bond donors (Lipinski definition) is 1. The maximum absolute atomic E-state index is 12.9. The molecule has 0 spiro atoms. The maximum Gasteiger partial charge on any atom is 0.227 e. The average molecular weight is 329 g/mol. The number of nitrogens with one attached hydrogen (secondary N) is 1. The molecule has 6 nitrogen and oxygen atoms in total. The predicted molar refractivity (Wildman–Crippen MR) is 86.2 cm³/mol. The Balaban J connectivity index is 0.00000176. The molecule has 1 aromatic rings. The lowest BCUT2D eigenvalue weighted by Crippen LogP contribution is -2.48. The molecule has 0 saturated carbocycles. The van der Waals surface area contributed by atoms with Crippen LogP contribution in [0.15, 0.2) is 12.4 Å². The van der Waals surface area contributed by atoms with E-state index in [4.69, 9.17) is 4.74 Å². The molecule has 3 rings (SSSR count). The van der Waals surface area contributed by atoms with Crippen molar-refractivity contribution in [2.24, 2.45) is 13.0 Å². The van der Waals surface area contributed by atoms with E-state index in [2.05, 4.69) is 17.3 Å². The van der Waals surface area contributed by atoms with E-state index >= 15 is 0 Å². The zero-order chi connectivity index (χ0) is 14.8. The molecule has 2 aliphatic heterocycles. The molecule has 0 aromatic carbocycles. The first-order chi connectivity index (χ1) is 10.2. The Hall–Kier alpha value is -1.11. The summed E-state index contributed by atoms with van der Waals surface area (Å²) in [4.78, 5) is 14.8. The van der Waals surface area contributed by atoms with Gasteiger partial charge in [-0.05, 0) is 12.0 Å². The van der Waals surface area contributed by atoms with E-state index < -0.39 is 0 Å². The van der Waals surface area contributed by atoms with Crippen LogP contribution in [-0.2, 0) is 16.6 Å². The number of morpholine rings is 1. The van der Waals surface area contributed by atoms with Crippen LogP contribution in [0.2, 0.25) is 0 Å². The van der Waals surface area contributed by atoms with Crippen LogP contribution in [0.4, 0.5) is 0 Å². The lowest BCUT2D eigenvalue weighted by molar-refractivity contribution is -0.143. The van der Waals surface area contributed by atoms with Gasteiger partial charge in [0.1, 0.15) is 0 Å². The highest BCUT2D eigenvalue weighted by molar-refractivity contribution is 5.85. The Morgan fingerprint density at radius 1 is 1.50 bits per heavy atom. The number of ether oxygens (including phenoxy) is 1. The van der Waals surface area contributed by atoms with Crippen LogP contribution in [0.25, 0.3) is 0 Å². The molecule has 0 bridgehead atoms. The van der Waals surface area contributed by atoms with Gasteiger partial charge in [0.2, 0.25) is 5.91 Å². The Labute approximate surface area is 137 Å². The SMILES string of the molecule is CCC1CN(C(=O)[C@H]2CNC[C@@H]2c2cnn(C)c2)CCO1.Cl. The highest BCUT2D eigenvalue weighted by Gasteiger charge is 2.38. The quantitative estimate of drug-likeness (QED) is 0.891. The zero-order valence-electron chi connectivity index (χ0n) is 13.2. The normalized spacial score (nSPS) is 28.5. The number of nitrogens with zero attached hydrogens (tertiary/aromatic N) is 3. The molecule has 0 radical (unpaired) electrons. The van der Waals surface area contributed by atoms with Crippen molar-refractivity contribution >= 4 is 18.3 Å². The summed E-state index contributed by atoms with van der Waals surface area (Å²) in [6.45, 7) is 5.81. The summed E-state index contributed by atoms with van der Waals surface area (Å²) < 4.78 is 7.46. The van der Waals surface area contributed by atoms with Crippen molar-refractivity contribution in [2.75, 3.05) is 32.8 Å². The predicted octanol–water partition coefficient (Wildman–Crippen LogP) is 0.782. The largest absolute Gasteiger partial charge is 0.375 e. The third-order valence-electron chi connectivity index (χ3n) is 4.59. The Kier molecular flexibility index (Phi) is 5.83. The Bertz CT molecular complexity index is 507. The minimum absolute atomic E-state index is 0. The zero-order valence-corrected chi connectivity index (χ0v) is 14.0. The number of carbonyl (C=O) groups is 1. The number of aromatic nitrogens is 2. The van der Waals surface area contributed by atoms with Crippen LogP contribution in [0.5, 0.6) is 0 Å². The third-order valence-corrected chi connectivity index (χ3v) is 4.59. The molecule has 0 aliphatic carbocycles. The fourth-order valence-corrected chi connectivity index (χ4v) is 3.32. The van der Waals surface area contributed by atoms with Crippen LogP contribution in [0, 0.1) is 5.92 Å². The van der Waals surface area contributed by atoms with Gasteiger partial charge in [-0.3, -0.25) is 9.48 Å². The minimum atomic E-state index is 0. The maximum atomic E-state index is 12.9. The summed E-state index contributed by atoms with van der Waals surface area (Å²) in [5, 5.41) is 7.60. The molecule has 3 heterocycles. The van der Waals surface area contributed by atoms with E-state index in [1.54, 1.807) is 4.68 Å². The van der Waals surface area contributed by atoms with Crippen molar-refractivity contribution in [3.8, 4) is 0 Å². The van der Waals surface area contributed by atoms with E-state index in [0.717, 1.165) is 31.6 Å². The van der Waals surface area contributed by atoms with Crippen molar-refractivity contribution in [1.82, 2.24) is 20.0 Å². The monoisotopic (exact) mass is 328 g/mol. The molecule has 1 N–H and O–H groups in total. The van der Waals surface area contributed by atoms with Gasteiger partial charge in [-0.2, -0.15) is 5.10 Å². The lowest BCUT2D eigenvalue weighted by Gasteiger charge is -2.35. The van der Waals surface area contributed by atoms with Gasteiger partial charge in [0.05, 0.1) is 24.8 Å². The molecular weight excluding hydrogens is 304 g/mol. The van der Waals surface area contributed by atoms with Crippen LogP contribution in [0.1, 0.15) is 24.8 Å². The summed E-state index contributed by atoms with van der Waals surface area (Å²) >= 11 is 0. The van der Waals surface area contributed by atoms with Crippen LogP contribution < -0.4 is 5.32 Å². The highest BCUT2D eigenvalue weighted by atomic mass is 35.5. The molecular formula is C15H25ClN4O2. The second kappa shape index (κ2) is 7.44. The summed E-state index contributed by atoms with van der Waals surface area (Å²) in [7, 11) is 1.91. The number of hydrogen-bond acceptors (Lipinski definition) is 4. The van der Waals surface area contributed by atoms with Crippen molar-refractivity contribution < 1.29 is 9.53 Å². The first-order valence-corrected chi connectivity index (χ1v) is 7.78. The first kappa shape index (κ1) is 17.2. The summed E-state index contributed by atoms with van der Waals surface area (Å²) in [6.07, 6.45) is 5.05. The molecule has 2 saturated heterocycles. The van der Waals surface area contributed by atoms with Gasteiger partial charge in [-0.1, -0.05) is 6.92 Å². The molecule has 3 atom stereocenters. The smallest absolute Gasteiger partial charge is 0.227 e. The Morgan fingerprint density at radius 2 is 2.32 bits per heavy atom. The second-order valence-corrected chi connectivity index (χ2v) is 6.00. The third kappa shape index (κ3) is 3.45. The van der Waals surface area contributed by atoms with Gasteiger partial charge in [0, 0.05) is 45.3 Å². The molecule has 1 amide bonds. The van der Waals surface area contributed by atoms with Gasteiger partial charge in [0.25, 0.3) is 0 Å². The second-order valence-electron chi connectivity index (χ2n) is 6.00. The van der Waals surface area contributed by atoms with Gasteiger partial charge in [-0.25, -0.2) is 0 Å². The Morgan fingerprint density at radius 3 is 3.00 bits per heavy atom. The molecule has 2 fully saturated rings. The number of rotatable bonds is 3. The molecule has 7 heteroatoms. The molecule has 124 valence electrons. The highest BCUT2D eigenvalue weighted by Crippen LogP contribution is 2.29. The number of amides is 1. The van der Waals surface area contributed by atoms with Crippen molar-refractivity contribution in [3.05, 3.63) is 18.0 Å². The van der Waals surface area contributed by atoms with E-state index in [1.807, 2.05) is 24.3 Å². The standard InChI is InChI=1S/C15H24N4O2.ClH/c1-3-12-10-19(4-5-21-12)15(20)14-8-16-7-13(14)11-6-17-18(2)9-11;/h6,9,12-14,16H,3-5,7-8,10H2,1-2H3;1H/t12?,13-,14+;/m1./s1. The molecule has 1 aromatic heterocycles. The van der Waals surface area contributed by atoms with Gasteiger partial charge >= 0.3 is 0 Å². The molecule has 22 heavy (non-hydrogen) atoms. The molecule has 1 unspecified atom stereocenters. The number of aryl methyl sites for hydroxylation is 1. The van der Waals surface area contributed by atoms with Crippen LogP contribution >= 0.6 is 12.4 Å². The minimum Gasteiger partial charge on any atom is -0.375 e. The summed E-state index contributed by atoms with van der Waals surface area (Å²) in [6, 6.07) is 0. The number of carbonyl (C=O) groups excluding carboxylic acids is 1. The lowest BCUT2D eigenvalue weighted by atomic mass is 9.89. The first-order valence-electron chi connectivity index (χ1n) is 7.78. The van der Waals surface area contributed by atoms with Crippen molar-refractivity contribution in [1.29, 1.82) is 0 Å². The van der Waals surface area contributed by atoms with Crippen LogP contribution in [0.3, 0.4) is 0 Å². The van der Waals surface area contributed by atoms with Gasteiger partial charge in [0.15, 0.2) is 0 Å². The van der Waals surface area contributed by atoms with Gasteiger partial charge in [-0.15, -0.1) is 12.4 Å². The topological polar surface area (TPSA) is 59.4 Å². The van der Waals surface area contributed by atoms with Crippen LogP contribution in [-0.4, -0.2) is 59.5 Å².